The van der Waals surface area contributed by atoms with Crippen LogP contribution in [0.2, 0.25) is 0 Å². The molecular formula is C13H16N6O. The van der Waals surface area contributed by atoms with Gasteiger partial charge in [-0.25, -0.2) is 4.98 Å². The normalized spacial score (nSPS) is 10.6. The molecule has 0 fully saturated rings. The minimum atomic E-state index is -0.0836. The number of nitrogens with two attached hydrogens (primary N) is 2. The Labute approximate surface area is 116 Å². The summed E-state index contributed by atoms with van der Waals surface area (Å²) in [6.07, 6.45) is 6.91. The lowest BCUT2D eigenvalue weighted by atomic mass is 10.2. The highest BCUT2D eigenvalue weighted by Gasteiger charge is 2.00. The van der Waals surface area contributed by atoms with E-state index in [0.717, 1.165) is 17.9 Å². The number of rotatable bonds is 6. The molecule has 4 N–H and O–H groups in total. The lowest BCUT2D eigenvalue weighted by molar-refractivity contribution is 0.298. The first-order valence-corrected chi connectivity index (χ1v) is 6.05. The fraction of sp³-hybridized carbons (Fsp3) is 0.154. The summed E-state index contributed by atoms with van der Waals surface area (Å²) in [5, 5.41) is 7.33. The summed E-state index contributed by atoms with van der Waals surface area (Å²) in [6.45, 7) is 1.25. The number of hydrogen-bond donors (Lipinski definition) is 2. The molecule has 1 aromatic heterocycles. The van der Waals surface area contributed by atoms with Crippen molar-refractivity contribution in [2.24, 2.45) is 21.7 Å². The zero-order valence-electron chi connectivity index (χ0n) is 10.9. The van der Waals surface area contributed by atoms with E-state index in [0.29, 0.717) is 6.61 Å². The van der Waals surface area contributed by atoms with Gasteiger partial charge < -0.3 is 20.8 Å². The van der Waals surface area contributed by atoms with Crippen LogP contribution < -0.4 is 16.2 Å². The van der Waals surface area contributed by atoms with Crippen molar-refractivity contribution in [1.29, 1.82) is 0 Å². The van der Waals surface area contributed by atoms with Crippen LogP contribution in [0.4, 0.5) is 0 Å². The van der Waals surface area contributed by atoms with E-state index in [1.165, 1.54) is 0 Å². The van der Waals surface area contributed by atoms with E-state index >= 15 is 0 Å². The smallest absolute Gasteiger partial charge is 0.211 e. The quantitative estimate of drug-likeness (QED) is 0.455. The highest BCUT2D eigenvalue weighted by atomic mass is 16.5. The molecule has 0 radical (unpaired) electrons. The van der Waals surface area contributed by atoms with Gasteiger partial charge in [0.1, 0.15) is 12.4 Å². The maximum atomic E-state index is 5.72. The molecule has 1 heterocycles. The molecule has 1 aromatic carbocycles. The molecule has 0 aliphatic carbocycles. The predicted octanol–water partition coefficient (Wildman–Crippen LogP) is 0.569. The topological polar surface area (TPSA) is 104 Å². The Morgan fingerprint density at radius 3 is 2.95 bits per heavy atom. The van der Waals surface area contributed by atoms with Gasteiger partial charge in [0.05, 0.1) is 19.1 Å². The molecule has 0 unspecified atom stereocenters. The van der Waals surface area contributed by atoms with Gasteiger partial charge in [0.2, 0.25) is 5.96 Å². The second kappa shape index (κ2) is 6.93. The highest BCUT2D eigenvalue weighted by molar-refractivity contribution is 5.84. The van der Waals surface area contributed by atoms with Gasteiger partial charge in [0.25, 0.3) is 0 Å². The van der Waals surface area contributed by atoms with E-state index in [1.54, 1.807) is 18.7 Å². The van der Waals surface area contributed by atoms with Crippen LogP contribution in [0.25, 0.3) is 0 Å². The van der Waals surface area contributed by atoms with Crippen molar-refractivity contribution in [1.82, 2.24) is 9.55 Å². The standard InChI is InChI=1S/C13H16N6O/c14-13(15)18-17-9-11-3-1-2-4-12(11)20-8-7-19-6-5-16-10-19/h1-6,9-10H,7-8H2,(H4,14,15,18). The van der Waals surface area contributed by atoms with Crippen molar-refractivity contribution >= 4 is 12.2 Å². The summed E-state index contributed by atoms with van der Waals surface area (Å²) in [7, 11) is 0. The van der Waals surface area contributed by atoms with Crippen molar-refractivity contribution in [3.8, 4) is 5.75 Å². The van der Waals surface area contributed by atoms with Crippen molar-refractivity contribution in [2.75, 3.05) is 6.61 Å². The molecule has 7 heteroatoms. The maximum Gasteiger partial charge on any atom is 0.211 e. The fourth-order valence-electron chi connectivity index (χ4n) is 1.56. The molecule has 0 spiro atoms. The molecule has 0 aliphatic rings. The molecule has 2 aromatic rings. The summed E-state index contributed by atoms with van der Waals surface area (Å²) >= 11 is 0. The van der Waals surface area contributed by atoms with Gasteiger partial charge >= 0.3 is 0 Å². The monoisotopic (exact) mass is 272 g/mol. The van der Waals surface area contributed by atoms with Crippen molar-refractivity contribution in [3.05, 3.63) is 48.5 Å². The van der Waals surface area contributed by atoms with Crippen LogP contribution in [-0.4, -0.2) is 28.3 Å². The molecule has 0 atom stereocenters. The summed E-state index contributed by atoms with van der Waals surface area (Å²) in [5.74, 6) is 0.641. The third-order valence-corrected chi connectivity index (χ3v) is 2.46. The Hall–Kier alpha value is -2.83. The average Bonchev–Trinajstić information content (AvgIpc) is 2.93. The van der Waals surface area contributed by atoms with Crippen LogP contribution in [0.3, 0.4) is 0 Å². The number of aromatic nitrogens is 2. The molecule has 0 bridgehead atoms. The molecule has 0 saturated heterocycles. The minimum absolute atomic E-state index is 0.0836. The van der Waals surface area contributed by atoms with Gasteiger partial charge in [-0.2, -0.15) is 5.10 Å². The first-order chi connectivity index (χ1) is 9.75. The number of guanidine groups is 1. The van der Waals surface area contributed by atoms with Gasteiger partial charge in [-0.3, -0.25) is 0 Å². The zero-order valence-corrected chi connectivity index (χ0v) is 10.9. The third kappa shape index (κ3) is 4.13. The minimum Gasteiger partial charge on any atom is -0.491 e. The van der Waals surface area contributed by atoms with Crippen LogP contribution in [-0.2, 0) is 6.54 Å². The fourth-order valence-corrected chi connectivity index (χ4v) is 1.56. The van der Waals surface area contributed by atoms with Crippen LogP contribution in [0, 0.1) is 0 Å². The maximum absolute atomic E-state index is 5.72. The van der Waals surface area contributed by atoms with Gasteiger partial charge in [-0.05, 0) is 12.1 Å². The molecule has 20 heavy (non-hydrogen) atoms. The number of para-hydroxylation sites is 1. The van der Waals surface area contributed by atoms with Crippen molar-refractivity contribution in [2.45, 2.75) is 6.54 Å². The Balaban J connectivity index is 1.97. The Morgan fingerprint density at radius 2 is 2.20 bits per heavy atom. The van der Waals surface area contributed by atoms with Gasteiger partial charge in [0.15, 0.2) is 0 Å². The lowest BCUT2D eigenvalue weighted by Crippen LogP contribution is -2.21. The number of imidazole rings is 1. The molecular weight excluding hydrogens is 256 g/mol. The summed E-state index contributed by atoms with van der Waals surface area (Å²) in [6, 6.07) is 7.52. The lowest BCUT2D eigenvalue weighted by Gasteiger charge is -2.08. The second-order valence-electron chi connectivity index (χ2n) is 3.96. The first kappa shape index (κ1) is 13.6. The van der Waals surface area contributed by atoms with E-state index in [4.69, 9.17) is 16.2 Å². The third-order valence-electron chi connectivity index (χ3n) is 2.46. The predicted molar refractivity (Wildman–Crippen MR) is 77.6 cm³/mol. The molecule has 0 amide bonds. The SMILES string of the molecule is NC(N)=NN=Cc1ccccc1OCCn1ccnc1. The van der Waals surface area contributed by atoms with Crippen LogP contribution >= 0.6 is 0 Å². The van der Waals surface area contributed by atoms with Gasteiger partial charge in [-0.1, -0.05) is 12.1 Å². The summed E-state index contributed by atoms with van der Waals surface area (Å²) < 4.78 is 7.66. The van der Waals surface area contributed by atoms with Gasteiger partial charge in [-0.15, -0.1) is 5.10 Å². The average molecular weight is 272 g/mol. The molecule has 0 aliphatic heterocycles. The van der Waals surface area contributed by atoms with E-state index in [9.17, 15) is 0 Å². The van der Waals surface area contributed by atoms with Crippen LogP contribution in [0.5, 0.6) is 5.75 Å². The Kier molecular flexibility index (Phi) is 4.71. The molecule has 104 valence electrons. The van der Waals surface area contributed by atoms with E-state index in [2.05, 4.69) is 15.2 Å². The zero-order chi connectivity index (χ0) is 14.2. The summed E-state index contributed by atoms with van der Waals surface area (Å²) in [5.41, 5.74) is 11.2. The van der Waals surface area contributed by atoms with Crippen molar-refractivity contribution < 1.29 is 4.74 Å². The van der Waals surface area contributed by atoms with E-state index < -0.39 is 0 Å². The van der Waals surface area contributed by atoms with Crippen LogP contribution in [0.1, 0.15) is 5.56 Å². The highest BCUT2D eigenvalue weighted by Crippen LogP contribution is 2.15. The van der Waals surface area contributed by atoms with Crippen molar-refractivity contribution in [3.63, 3.8) is 0 Å². The number of ether oxygens (including phenoxy) is 1. The number of hydrogen-bond acceptors (Lipinski definition) is 4. The second-order valence-corrected chi connectivity index (χ2v) is 3.96. The summed E-state index contributed by atoms with van der Waals surface area (Å²) in [4.78, 5) is 3.97. The van der Waals surface area contributed by atoms with Gasteiger partial charge in [0, 0.05) is 18.0 Å². The van der Waals surface area contributed by atoms with E-state index in [-0.39, 0.29) is 5.96 Å². The molecule has 0 saturated carbocycles. The van der Waals surface area contributed by atoms with E-state index in [1.807, 2.05) is 35.0 Å². The molecule has 7 nitrogen and oxygen atoms in total. The first-order valence-electron chi connectivity index (χ1n) is 6.05. The Bertz CT molecular complexity index is 587. The number of nitrogens with zero attached hydrogens (tertiary/aromatic N) is 4. The molecule has 2 rings (SSSR count). The number of benzene rings is 1. The largest absolute Gasteiger partial charge is 0.491 e. The Morgan fingerprint density at radius 1 is 1.35 bits per heavy atom. The van der Waals surface area contributed by atoms with Crippen LogP contribution in [0.15, 0.2) is 53.2 Å².